The second kappa shape index (κ2) is 6.00. The number of esters is 1. The Morgan fingerprint density at radius 1 is 1.50 bits per heavy atom. The molecule has 0 aromatic heterocycles. The molecule has 4 atom stereocenters. The third kappa shape index (κ3) is 3.44. The van der Waals surface area contributed by atoms with E-state index in [9.17, 15) is 15.0 Å². The van der Waals surface area contributed by atoms with Gasteiger partial charge in [-0.3, -0.25) is 0 Å². The lowest BCUT2D eigenvalue weighted by Crippen LogP contribution is -2.51. The van der Waals surface area contributed by atoms with Crippen LogP contribution in [0.3, 0.4) is 0 Å². The van der Waals surface area contributed by atoms with Gasteiger partial charge in [0.15, 0.2) is 6.29 Å². The predicted molar refractivity (Wildman–Crippen MR) is 54.0 cm³/mol. The van der Waals surface area contributed by atoms with Crippen LogP contribution in [0.15, 0.2) is 0 Å². The molecular weight excluding hydrogens is 263 g/mol. The summed E-state index contributed by atoms with van der Waals surface area (Å²) in [5.41, 5.74) is 0. The molecule has 0 spiro atoms. The van der Waals surface area contributed by atoms with Crippen LogP contribution in [0, 0.1) is 0 Å². The van der Waals surface area contributed by atoms with E-state index in [1.807, 2.05) is 0 Å². The highest BCUT2D eigenvalue weighted by Crippen LogP contribution is 2.22. The zero-order valence-corrected chi connectivity index (χ0v) is 9.64. The Bertz CT molecular complexity index is 249. The van der Waals surface area contributed by atoms with E-state index < -0.39 is 42.0 Å². The Kier molecular flexibility index (Phi) is 5.23. The first kappa shape index (κ1) is 14.0. The van der Waals surface area contributed by atoms with Gasteiger partial charge in [-0.25, -0.2) is 4.79 Å². The Morgan fingerprint density at radius 2 is 2.12 bits per heavy atom. The lowest BCUT2D eigenvalue weighted by atomic mass is 10.0. The first-order chi connectivity index (χ1) is 7.45. The van der Waals surface area contributed by atoms with Gasteiger partial charge in [-0.2, -0.15) is 0 Å². The average molecular weight is 275 g/mol. The molecule has 8 heteroatoms. The fourth-order valence-electron chi connectivity index (χ4n) is 1.38. The van der Waals surface area contributed by atoms with Crippen LogP contribution in [-0.2, 0) is 14.3 Å². The highest BCUT2D eigenvalue weighted by molar-refractivity contribution is 6.52. The Balaban J connectivity index is 2.60. The van der Waals surface area contributed by atoms with Gasteiger partial charge in [0, 0.05) is 6.42 Å². The molecule has 1 rings (SSSR count). The Hall–Kier alpha value is -0.110. The quantitative estimate of drug-likeness (QED) is 0.459. The molecule has 1 aliphatic rings. The molecule has 1 heterocycles. The van der Waals surface area contributed by atoms with Crippen molar-refractivity contribution in [3.05, 3.63) is 0 Å². The normalized spacial score (nSPS) is 35.1. The maximum atomic E-state index is 11.1. The van der Waals surface area contributed by atoms with Crippen molar-refractivity contribution < 1.29 is 29.6 Å². The number of aliphatic hydroxyl groups is 3. The van der Waals surface area contributed by atoms with Crippen LogP contribution in [-0.4, -0.2) is 57.3 Å². The summed E-state index contributed by atoms with van der Waals surface area (Å²) in [6, 6.07) is 0. The van der Waals surface area contributed by atoms with Crippen molar-refractivity contribution >= 4 is 29.2 Å². The lowest BCUT2D eigenvalue weighted by molar-refractivity contribution is -0.245. The molecule has 16 heavy (non-hydrogen) atoms. The summed E-state index contributed by atoms with van der Waals surface area (Å²) in [4.78, 5) is 9.71. The molecule has 0 bridgehead atoms. The first-order valence-corrected chi connectivity index (χ1v) is 5.44. The van der Waals surface area contributed by atoms with Crippen molar-refractivity contribution in [1.29, 1.82) is 0 Å². The zero-order chi connectivity index (χ0) is 12.3. The van der Waals surface area contributed by atoms with Gasteiger partial charge in [-0.1, -0.05) is 23.2 Å². The third-order valence-electron chi connectivity index (χ3n) is 2.15. The number of alkyl halides is 2. The highest BCUT2D eigenvalue weighted by atomic mass is 35.5. The highest BCUT2D eigenvalue weighted by Gasteiger charge is 2.39. The fourth-order valence-corrected chi connectivity index (χ4v) is 1.49. The molecule has 6 nitrogen and oxygen atoms in total. The number of aliphatic hydroxyl groups excluding tert-OH is 3. The minimum Gasteiger partial charge on any atom is -0.457 e. The Labute approximate surface area is 102 Å². The predicted octanol–water partition coefficient (Wildman–Crippen LogP) is -0.838. The van der Waals surface area contributed by atoms with E-state index in [0.29, 0.717) is 0 Å². The molecule has 0 aromatic rings. The van der Waals surface area contributed by atoms with Gasteiger partial charge in [0.25, 0.3) is 0 Å². The van der Waals surface area contributed by atoms with Crippen molar-refractivity contribution in [1.82, 2.24) is 0 Å². The first-order valence-electron chi connectivity index (χ1n) is 4.56. The van der Waals surface area contributed by atoms with E-state index in [1.165, 1.54) is 0 Å². The summed E-state index contributed by atoms with van der Waals surface area (Å²) in [6.07, 6.45) is -4.57. The molecular formula is C8H12Cl2O6. The number of ether oxygens (including phenoxy) is 2. The lowest BCUT2D eigenvalue weighted by Gasteiger charge is -2.36. The largest absolute Gasteiger partial charge is 0.457 e. The maximum Gasteiger partial charge on any atom is 0.339 e. The van der Waals surface area contributed by atoms with E-state index in [-0.39, 0.29) is 6.42 Å². The van der Waals surface area contributed by atoms with Crippen LogP contribution in [0.5, 0.6) is 0 Å². The molecule has 0 aliphatic carbocycles. The van der Waals surface area contributed by atoms with E-state index in [2.05, 4.69) is 0 Å². The number of hydrogen-bond acceptors (Lipinski definition) is 6. The minimum absolute atomic E-state index is 0.107. The van der Waals surface area contributed by atoms with Crippen molar-refractivity contribution in [3.8, 4) is 0 Å². The zero-order valence-electron chi connectivity index (χ0n) is 8.12. The summed E-state index contributed by atoms with van der Waals surface area (Å²) >= 11 is 10.5. The SMILES string of the molecule is O=C(OC1CC(O)OC(CO)C1O)C(Cl)Cl. The van der Waals surface area contributed by atoms with Gasteiger partial charge in [0.2, 0.25) is 4.84 Å². The van der Waals surface area contributed by atoms with E-state index >= 15 is 0 Å². The standard InChI is InChI=1S/C8H12Cl2O6/c9-7(10)8(14)16-3-1-5(12)15-4(2-11)6(3)13/h3-7,11-13H,1-2H2. The summed E-state index contributed by atoms with van der Waals surface area (Å²) in [5.74, 6) is -0.918. The third-order valence-corrected chi connectivity index (χ3v) is 2.51. The minimum atomic E-state index is -1.36. The monoisotopic (exact) mass is 274 g/mol. The van der Waals surface area contributed by atoms with Gasteiger partial charge < -0.3 is 24.8 Å². The van der Waals surface area contributed by atoms with E-state index in [1.54, 1.807) is 0 Å². The molecule has 0 amide bonds. The van der Waals surface area contributed by atoms with Crippen molar-refractivity contribution in [2.75, 3.05) is 6.61 Å². The number of rotatable bonds is 3. The topological polar surface area (TPSA) is 96.2 Å². The molecule has 1 aliphatic heterocycles. The second-order valence-electron chi connectivity index (χ2n) is 3.31. The number of carbonyl (C=O) groups excluding carboxylic acids is 1. The maximum absolute atomic E-state index is 11.1. The van der Waals surface area contributed by atoms with Crippen molar-refractivity contribution in [2.24, 2.45) is 0 Å². The molecule has 0 saturated carbocycles. The van der Waals surface area contributed by atoms with Gasteiger partial charge in [-0.15, -0.1) is 0 Å². The summed E-state index contributed by atoms with van der Waals surface area (Å²) < 4.78 is 9.58. The number of halogens is 2. The molecule has 0 radical (unpaired) electrons. The van der Waals surface area contributed by atoms with Crippen LogP contribution in [0.2, 0.25) is 0 Å². The number of carbonyl (C=O) groups is 1. The Morgan fingerprint density at radius 3 is 2.62 bits per heavy atom. The molecule has 1 fully saturated rings. The van der Waals surface area contributed by atoms with Crippen LogP contribution in [0.25, 0.3) is 0 Å². The molecule has 94 valence electrons. The fraction of sp³-hybridized carbons (Fsp3) is 0.875. The molecule has 1 saturated heterocycles. The smallest absolute Gasteiger partial charge is 0.339 e. The van der Waals surface area contributed by atoms with Crippen LogP contribution >= 0.6 is 23.2 Å². The summed E-state index contributed by atoms with van der Waals surface area (Å²) in [7, 11) is 0. The van der Waals surface area contributed by atoms with E-state index in [0.717, 1.165) is 0 Å². The molecule has 3 N–H and O–H groups in total. The van der Waals surface area contributed by atoms with Crippen LogP contribution in [0.4, 0.5) is 0 Å². The van der Waals surface area contributed by atoms with Gasteiger partial charge in [0.05, 0.1) is 6.61 Å². The van der Waals surface area contributed by atoms with Gasteiger partial charge in [-0.05, 0) is 0 Å². The molecule has 0 aromatic carbocycles. The van der Waals surface area contributed by atoms with E-state index in [4.69, 9.17) is 37.8 Å². The summed E-state index contributed by atoms with van der Waals surface area (Å²) in [6.45, 7) is -0.503. The van der Waals surface area contributed by atoms with Crippen molar-refractivity contribution in [2.45, 2.75) is 35.9 Å². The number of hydrogen-bond donors (Lipinski definition) is 3. The van der Waals surface area contributed by atoms with Crippen molar-refractivity contribution in [3.63, 3.8) is 0 Å². The molecule has 4 unspecified atom stereocenters. The van der Waals surface area contributed by atoms with Gasteiger partial charge in [0.1, 0.15) is 18.3 Å². The van der Waals surface area contributed by atoms with Gasteiger partial charge >= 0.3 is 5.97 Å². The van der Waals surface area contributed by atoms with Crippen LogP contribution < -0.4 is 0 Å². The average Bonchev–Trinajstić information content (AvgIpc) is 2.22. The second-order valence-corrected chi connectivity index (χ2v) is 4.41. The summed E-state index contributed by atoms with van der Waals surface area (Å²) in [5, 5.41) is 27.7. The van der Waals surface area contributed by atoms with Crippen LogP contribution in [0.1, 0.15) is 6.42 Å².